The number of aliphatic carboxylic acids is 1. The maximum absolute atomic E-state index is 11.8. The van der Waals surface area contributed by atoms with E-state index in [1.54, 1.807) is 5.38 Å². The van der Waals surface area contributed by atoms with Crippen molar-refractivity contribution in [1.82, 2.24) is 10.3 Å². The quantitative estimate of drug-likeness (QED) is 0.820. The van der Waals surface area contributed by atoms with E-state index in [1.807, 2.05) is 24.3 Å². The number of thiazole rings is 1. The van der Waals surface area contributed by atoms with Crippen molar-refractivity contribution in [3.63, 3.8) is 0 Å². The number of carbonyl (C=O) groups is 2. The molecule has 0 aliphatic carbocycles. The third kappa shape index (κ3) is 5.28. The monoisotopic (exact) mass is 368 g/mol. The van der Waals surface area contributed by atoms with Gasteiger partial charge in [-0.15, -0.1) is 11.3 Å². The van der Waals surface area contributed by atoms with Crippen LogP contribution in [0.5, 0.6) is 0 Å². The van der Waals surface area contributed by atoms with E-state index in [9.17, 15) is 9.59 Å². The van der Waals surface area contributed by atoms with E-state index in [2.05, 4.69) is 26.2 Å². The van der Waals surface area contributed by atoms with E-state index in [0.29, 0.717) is 17.2 Å². The van der Waals surface area contributed by atoms with Gasteiger partial charge in [-0.05, 0) is 17.7 Å². The molecule has 1 heterocycles. The van der Waals surface area contributed by atoms with Crippen LogP contribution in [0.15, 0.2) is 34.1 Å². The van der Waals surface area contributed by atoms with E-state index in [0.717, 1.165) is 10.0 Å². The molecule has 2 aromatic rings. The van der Waals surface area contributed by atoms with Crippen molar-refractivity contribution in [2.45, 2.75) is 19.4 Å². The first-order valence-corrected chi connectivity index (χ1v) is 7.86. The minimum Gasteiger partial charge on any atom is -0.481 e. The van der Waals surface area contributed by atoms with Crippen molar-refractivity contribution in [3.05, 3.63) is 50.4 Å². The van der Waals surface area contributed by atoms with E-state index in [-0.39, 0.29) is 18.7 Å². The van der Waals surface area contributed by atoms with Gasteiger partial charge in [0, 0.05) is 16.4 Å². The van der Waals surface area contributed by atoms with Crippen LogP contribution in [0.2, 0.25) is 0 Å². The molecule has 7 heteroatoms. The number of benzene rings is 1. The molecule has 2 rings (SSSR count). The minimum absolute atomic E-state index is 0.115. The highest BCUT2D eigenvalue weighted by atomic mass is 79.9. The first-order valence-electron chi connectivity index (χ1n) is 6.19. The van der Waals surface area contributed by atoms with Crippen LogP contribution >= 0.6 is 27.3 Å². The number of hydrogen-bond acceptors (Lipinski definition) is 4. The van der Waals surface area contributed by atoms with E-state index >= 15 is 0 Å². The number of amides is 1. The smallest absolute Gasteiger partial charge is 0.309 e. The summed E-state index contributed by atoms with van der Waals surface area (Å²) in [7, 11) is 0. The highest BCUT2D eigenvalue weighted by Gasteiger charge is 2.10. The zero-order chi connectivity index (χ0) is 15.2. The number of nitrogens with zero attached hydrogens (tertiary/aromatic N) is 1. The van der Waals surface area contributed by atoms with Gasteiger partial charge in [-0.2, -0.15) is 0 Å². The molecule has 0 saturated heterocycles. The van der Waals surface area contributed by atoms with E-state index in [4.69, 9.17) is 5.11 Å². The second-order valence-electron chi connectivity index (χ2n) is 4.39. The molecule has 1 aromatic heterocycles. The van der Waals surface area contributed by atoms with Gasteiger partial charge in [0.15, 0.2) is 0 Å². The number of carboxylic acids is 1. The molecule has 110 valence electrons. The number of carbonyl (C=O) groups excluding carboxylic acids is 1. The number of carboxylic acid groups (broad SMARTS) is 1. The Kier molecular flexibility index (Phi) is 5.46. The summed E-state index contributed by atoms with van der Waals surface area (Å²) < 4.78 is 0.965. The van der Waals surface area contributed by atoms with Gasteiger partial charge in [-0.3, -0.25) is 9.59 Å². The van der Waals surface area contributed by atoms with Crippen LogP contribution in [0.3, 0.4) is 0 Å². The molecule has 2 N–H and O–H groups in total. The average molecular weight is 369 g/mol. The number of rotatable bonds is 6. The maximum atomic E-state index is 11.8. The molecule has 0 fully saturated rings. The Labute approximate surface area is 134 Å². The van der Waals surface area contributed by atoms with Gasteiger partial charge in [-0.25, -0.2) is 4.98 Å². The summed E-state index contributed by atoms with van der Waals surface area (Å²) in [6.07, 6.45) is 0.0500. The van der Waals surface area contributed by atoms with Gasteiger partial charge >= 0.3 is 5.97 Å². The van der Waals surface area contributed by atoms with Crippen molar-refractivity contribution in [1.29, 1.82) is 0 Å². The molecule has 1 amide bonds. The predicted octanol–water partition coefficient (Wildman–Crippen LogP) is 2.39. The lowest BCUT2D eigenvalue weighted by Gasteiger charge is -2.04. The number of aromatic nitrogens is 1. The molecule has 1 aromatic carbocycles. The van der Waals surface area contributed by atoms with Gasteiger partial charge in [0.1, 0.15) is 5.01 Å². The topological polar surface area (TPSA) is 79.3 Å². The van der Waals surface area contributed by atoms with Crippen molar-refractivity contribution in [2.24, 2.45) is 0 Å². The van der Waals surface area contributed by atoms with Crippen LogP contribution in [0.4, 0.5) is 0 Å². The molecule has 0 aliphatic rings. The largest absolute Gasteiger partial charge is 0.481 e. The molecule has 0 radical (unpaired) electrons. The van der Waals surface area contributed by atoms with Crippen LogP contribution in [-0.2, 0) is 29.0 Å². The second-order valence-corrected chi connectivity index (χ2v) is 6.24. The van der Waals surface area contributed by atoms with Gasteiger partial charge in [0.05, 0.1) is 18.5 Å². The molecule has 0 unspecified atom stereocenters. The lowest BCUT2D eigenvalue weighted by molar-refractivity contribution is -0.136. The Hall–Kier alpha value is -1.73. The summed E-state index contributed by atoms with van der Waals surface area (Å²) in [5.74, 6) is -1.06. The first-order chi connectivity index (χ1) is 10.0. The summed E-state index contributed by atoms with van der Waals surface area (Å²) in [4.78, 5) is 26.5. The van der Waals surface area contributed by atoms with Crippen LogP contribution < -0.4 is 5.32 Å². The summed E-state index contributed by atoms with van der Waals surface area (Å²) in [5, 5.41) is 13.8. The van der Waals surface area contributed by atoms with Crippen LogP contribution in [0.25, 0.3) is 0 Å². The standard InChI is InChI=1S/C14H13BrN2O3S/c15-10-3-1-2-9(4-10)7-16-12(18)6-13-17-11(8-21-13)5-14(19)20/h1-4,8H,5-7H2,(H,16,18)(H,19,20). The Morgan fingerprint density at radius 3 is 2.86 bits per heavy atom. The molecular weight excluding hydrogens is 356 g/mol. The third-order valence-electron chi connectivity index (χ3n) is 2.62. The summed E-state index contributed by atoms with van der Waals surface area (Å²) in [6, 6.07) is 7.70. The number of nitrogens with one attached hydrogen (secondary N) is 1. The highest BCUT2D eigenvalue weighted by molar-refractivity contribution is 9.10. The van der Waals surface area contributed by atoms with E-state index in [1.165, 1.54) is 11.3 Å². The molecule has 0 saturated carbocycles. The molecule has 5 nitrogen and oxygen atoms in total. The zero-order valence-electron chi connectivity index (χ0n) is 11.0. The average Bonchev–Trinajstić information content (AvgIpc) is 2.83. The first kappa shape index (κ1) is 15.7. The highest BCUT2D eigenvalue weighted by Crippen LogP contribution is 2.13. The number of hydrogen-bond donors (Lipinski definition) is 2. The van der Waals surface area contributed by atoms with Gasteiger partial charge < -0.3 is 10.4 Å². The summed E-state index contributed by atoms with van der Waals surface area (Å²) in [5.41, 5.74) is 1.49. The van der Waals surface area contributed by atoms with Gasteiger partial charge in [-0.1, -0.05) is 28.1 Å². The molecule has 0 spiro atoms. The third-order valence-corrected chi connectivity index (χ3v) is 4.01. The predicted molar refractivity (Wildman–Crippen MR) is 83.1 cm³/mol. The fourth-order valence-electron chi connectivity index (χ4n) is 1.71. The van der Waals surface area contributed by atoms with Crippen LogP contribution in [0, 0.1) is 0 Å². The van der Waals surface area contributed by atoms with Crippen molar-refractivity contribution >= 4 is 39.1 Å². The zero-order valence-corrected chi connectivity index (χ0v) is 13.4. The van der Waals surface area contributed by atoms with Gasteiger partial charge in [0.2, 0.25) is 5.91 Å². The van der Waals surface area contributed by atoms with Crippen LogP contribution in [0.1, 0.15) is 16.3 Å². The van der Waals surface area contributed by atoms with Crippen molar-refractivity contribution in [2.75, 3.05) is 0 Å². The Morgan fingerprint density at radius 1 is 1.33 bits per heavy atom. The minimum atomic E-state index is -0.925. The van der Waals surface area contributed by atoms with Crippen LogP contribution in [-0.4, -0.2) is 22.0 Å². The Morgan fingerprint density at radius 2 is 2.14 bits per heavy atom. The summed E-state index contributed by atoms with van der Waals surface area (Å²) in [6.45, 7) is 0.450. The molecule has 21 heavy (non-hydrogen) atoms. The normalized spacial score (nSPS) is 10.3. The number of halogens is 1. The fourth-order valence-corrected chi connectivity index (χ4v) is 2.95. The van der Waals surface area contributed by atoms with E-state index < -0.39 is 5.97 Å². The SMILES string of the molecule is O=C(O)Cc1csc(CC(=O)NCc2cccc(Br)c2)n1. The molecule has 0 atom stereocenters. The maximum Gasteiger partial charge on any atom is 0.309 e. The molecule has 0 bridgehead atoms. The van der Waals surface area contributed by atoms with Crippen molar-refractivity contribution < 1.29 is 14.7 Å². The lowest BCUT2D eigenvalue weighted by Crippen LogP contribution is -2.24. The Balaban J connectivity index is 1.84. The van der Waals surface area contributed by atoms with Gasteiger partial charge in [0.25, 0.3) is 0 Å². The van der Waals surface area contributed by atoms with Crippen molar-refractivity contribution in [3.8, 4) is 0 Å². The summed E-state index contributed by atoms with van der Waals surface area (Å²) >= 11 is 4.68. The second kappa shape index (κ2) is 7.33. The molecular formula is C14H13BrN2O3S. The Bertz CT molecular complexity index is 657. The molecule has 0 aliphatic heterocycles. The lowest BCUT2D eigenvalue weighted by atomic mass is 10.2. The fraction of sp³-hybridized carbons (Fsp3) is 0.214.